The zero-order chi connectivity index (χ0) is 16.9. The van der Waals surface area contributed by atoms with Crippen LogP contribution in [0.2, 0.25) is 0 Å². The van der Waals surface area contributed by atoms with Gasteiger partial charge in [-0.05, 0) is 87.7 Å². The van der Waals surface area contributed by atoms with Gasteiger partial charge in [0.15, 0.2) is 0 Å². The summed E-state index contributed by atoms with van der Waals surface area (Å²) in [5.74, 6) is 3.28. The fourth-order valence-electron chi connectivity index (χ4n) is 6.00. The predicted molar refractivity (Wildman–Crippen MR) is 93.4 cm³/mol. The highest BCUT2D eigenvalue weighted by Gasteiger charge is 2.52. The predicted octanol–water partition coefficient (Wildman–Crippen LogP) is 4.73. The normalized spacial score (nSPS) is 33.8. The Labute approximate surface area is 144 Å². The van der Waals surface area contributed by atoms with Crippen molar-refractivity contribution in [2.45, 2.75) is 63.9 Å². The van der Waals surface area contributed by atoms with Crippen molar-refractivity contribution < 1.29 is 14.3 Å². The minimum Gasteiger partial charge on any atom is -0.491 e. The zero-order valence-corrected chi connectivity index (χ0v) is 15.0. The quantitative estimate of drug-likeness (QED) is 0.750. The van der Waals surface area contributed by atoms with Gasteiger partial charge in [-0.15, -0.1) is 0 Å². The summed E-state index contributed by atoms with van der Waals surface area (Å²) in [6.45, 7) is 4.10. The Morgan fingerprint density at radius 3 is 2.17 bits per heavy atom. The largest absolute Gasteiger partial charge is 0.491 e. The van der Waals surface area contributed by atoms with E-state index in [2.05, 4.69) is 6.07 Å². The van der Waals surface area contributed by atoms with E-state index in [1.54, 1.807) is 0 Å². The van der Waals surface area contributed by atoms with Gasteiger partial charge in [-0.1, -0.05) is 6.07 Å². The topological polar surface area (TPSA) is 35.5 Å². The molecule has 4 aliphatic rings. The van der Waals surface area contributed by atoms with E-state index in [0.717, 1.165) is 23.5 Å². The minimum absolute atomic E-state index is 0.102. The van der Waals surface area contributed by atoms with Crippen molar-refractivity contribution in [1.82, 2.24) is 0 Å². The molecule has 4 aliphatic carbocycles. The number of esters is 1. The van der Waals surface area contributed by atoms with Crippen LogP contribution in [0.25, 0.3) is 0 Å². The van der Waals surface area contributed by atoms with E-state index in [1.165, 1.54) is 51.2 Å². The highest BCUT2D eigenvalue weighted by molar-refractivity contribution is 5.90. The number of benzene rings is 1. The maximum atomic E-state index is 11.9. The van der Waals surface area contributed by atoms with E-state index < -0.39 is 0 Å². The Balaban J connectivity index is 1.75. The lowest BCUT2D eigenvalue weighted by molar-refractivity contribution is -0.00673. The second kappa shape index (κ2) is 5.79. The molecular weight excluding hydrogens is 300 g/mol. The number of ether oxygens (including phenoxy) is 2. The van der Waals surface area contributed by atoms with Crippen LogP contribution in [0, 0.1) is 17.8 Å². The van der Waals surface area contributed by atoms with Crippen LogP contribution < -0.4 is 4.74 Å². The molecule has 4 fully saturated rings. The van der Waals surface area contributed by atoms with Crippen molar-refractivity contribution in [3.8, 4) is 5.75 Å². The summed E-state index contributed by atoms with van der Waals surface area (Å²) in [7, 11) is 1.43. The van der Waals surface area contributed by atoms with Gasteiger partial charge in [0.05, 0.1) is 18.8 Å². The van der Waals surface area contributed by atoms with Gasteiger partial charge >= 0.3 is 5.97 Å². The van der Waals surface area contributed by atoms with Crippen LogP contribution in [0.4, 0.5) is 0 Å². The molecule has 4 saturated carbocycles. The average Bonchev–Trinajstić information content (AvgIpc) is 2.52. The van der Waals surface area contributed by atoms with E-state index in [1.807, 2.05) is 26.0 Å². The number of carbonyl (C=O) groups is 1. The summed E-state index contributed by atoms with van der Waals surface area (Å²) in [4.78, 5) is 11.9. The van der Waals surface area contributed by atoms with E-state index in [0.29, 0.717) is 5.56 Å². The molecule has 130 valence electrons. The molecule has 0 radical (unpaired) electrons. The summed E-state index contributed by atoms with van der Waals surface area (Å²) >= 11 is 0. The van der Waals surface area contributed by atoms with Gasteiger partial charge in [-0.25, -0.2) is 4.79 Å². The Morgan fingerprint density at radius 2 is 1.67 bits per heavy atom. The summed E-state index contributed by atoms with van der Waals surface area (Å²) in [6, 6.07) is 5.98. The zero-order valence-electron chi connectivity index (χ0n) is 15.0. The Hall–Kier alpha value is -1.51. The van der Waals surface area contributed by atoms with Crippen molar-refractivity contribution in [2.75, 3.05) is 7.11 Å². The molecule has 1 aromatic carbocycles. The van der Waals surface area contributed by atoms with Crippen LogP contribution >= 0.6 is 0 Å². The van der Waals surface area contributed by atoms with Gasteiger partial charge in [-0.2, -0.15) is 0 Å². The molecule has 3 heteroatoms. The number of methoxy groups -OCH3 is 1. The SMILES string of the molecule is COC(=O)c1ccc(C23CC4CC(CC(C4)C2)C3)c(OC(C)C)c1. The lowest BCUT2D eigenvalue weighted by Gasteiger charge is -2.57. The Bertz CT molecular complexity index is 611. The monoisotopic (exact) mass is 328 g/mol. The Morgan fingerprint density at radius 1 is 1.08 bits per heavy atom. The molecule has 3 nitrogen and oxygen atoms in total. The molecule has 0 aromatic heterocycles. The van der Waals surface area contributed by atoms with Crippen LogP contribution in [-0.2, 0) is 10.2 Å². The molecule has 0 aliphatic heterocycles. The summed E-state index contributed by atoms with van der Waals surface area (Å²) in [6.07, 6.45) is 8.28. The molecule has 0 amide bonds. The summed E-state index contributed by atoms with van der Waals surface area (Å²) in [5.41, 5.74) is 2.19. The van der Waals surface area contributed by atoms with Crippen LogP contribution in [0.5, 0.6) is 5.75 Å². The molecule has 0 N–H and O–H groups in total. The molecular formula is C21H28O3. The van der Waals surface area contributed by atoms with Gasteiger partial charge < -0.3 is 9.47 Å². The fraction of sp³-hybridized carbons (Fsp3) is 0.667. The first-order valence-electron chi connectivity index (χ1n) is 9.38. The average molecular weight is 328 g/mol. The molecule has 24 heavy (non-hydrogen) atoms. The number of hydrogen-bond acceptors (Lipinski definition) is 3. The molecule has 0 atom stereocenters. The molecule has 0 saturated heterocycles. The first-order chi connectivity index (χ1) is 11.5. The first kappa shape index (κ1) is 16.0. The number of rotatable bonds is 4. The van der Waals surface area contributed by atoms with Crippen LogP contribution in [0.1, 0.15) is 68.3 Å². The van der Waals surface area contributed by atoms with Crippen LogP contribution in [0.15, 0.2) is 18.2 Å². The summed E-state index contributed by atoms with van der Waals surface area (Å²) in [5, 5.41) is 0. The van der Waals surface area contributed by atoms with E-state index >= 15 is 0 Å². The smallest absolute Gasteiger partial charge is 0.337 e. The van der Waals surface area contributed by atoms with Crippen LogP contribution in [0.3, 0.4) is 0 Å². The second-order valence-electron chi connectivity index (χ2n) is 8.57. The van der Waals surface area contributed by atoms with E-state index in [-0.39, 0.29) is 17.5 Å². The maximum Gasteiger partial charge on any atom is 0.337 e. The molecule has 4 bridgehead atoms. The van der Waals surface area contributed by atoms with Crippen molar-refractivity contribution in [3.05, 3.63) is 29.3 Å². The summed E-state index contributed by atoms with van der Waals surface area (Å²) < 4.78 is 11.1. The van der Waals surface area contributed by atoms with Gasteiger partial charge in [0.1, 0.15) is 5.75 Å². The third-order valence-electron chi connectivity index (χ3n) is 6.37. The molecule has 0 spiro atoms. The first-order valence-corrected chi connectivity index (χ1v) is 9.38. The highest BCUT2D eigenvalue weighted by atomic mass is 16.5. The minimum atomic E-state index is -0.291. The third-order valence-corrected chi connectivity index (χ3v) is 6.37. The fourth-order valence-corrected chi connectivity index (χ4v) is 6.00. The molecule has 5 rings (SSSR count). The van der Waals surface area contributed by atoms with Crippen LogP contribution in [-0.4, -0.2) is 19.2 Å². The lowest BCUT2D eigenvalue weighted by atomic mass is 9.48. The van der Waals surface area contributed by atoms with E-state index in [4.69, 9.17) is 9.47 Å². The standard InChI is InChI=1S/C21H28O3/c1-13(2)24-19-9-17(20(22)23-3)4-5-18(19)21-10-14-6-15(11-21)8-16(7-14)12-21/h4-5,9,13-16H,6-8,10-12H2,1-3H3. The number of carbonyl (C=O) groups excluding carboxylic acids is 1. The second-order valence-corrected chi connectivity index (χ2v) is 8.57. The Kier molecular flexibility index (Phi) is 3.85. The lowest BCUT2D eigenvalue weighted by Crippen LogP contribution is -2.48. The van der Waals surface area contributed by atoms with Crippen molar-refractivity contribution in [2.24, 2.45) is 17.8 Å². The van der Waals surface area contributed by atoms with Gasteiger partial charge in [-0.3, -0.25) is 0 Å². The van der Waals surface area contributed by atoms with Crippen molar-refractivity contribution in [3.63, 3.8) is 0 Å². The van der Waals surface area contributed by atoms with E-state index in [9.17, 15) is 4.79 Å². The van der Waals surface area contributed by atoms with Gasteiger partial charge in [0.2, 0.25) is 0 Å². The number of hydrogen-bond donors (Lipinski definition) is 0. The van der Waals surface area contributed by atoms with Crippen molar-refractivity contribution in [1.29, 1.82) is 0 Å². The molecule has 0 heterocycles. The molecule has 0 unspecified atom stereocenters. The van der Waals surface area contributed by atoms with Crippen molar-refractivity contribution >= 4 is 5.97 Å². The molecule has 1 aromatic rings. The van der Waals surface area contributed by atoms with Gasteiger partial charge in [0, 0.05) is 5.56 Å². The highest BCUT2D eigenvalue weighted by Crippen LogP contribution is 2.61. The third kappa shape index (κ3) is 2.62. The van der Waals surface area contributed by atoms with Gasteiger partial charge in [0.25, 0.3) is 0 Å². The maximum absolute atomic E-state index is 11.9.